The van der Waals surface area contributed by atoms with E-state index in [1.54, 1.807) is 0 Å². The zero-order valence-electron chi connectivity index (χ0n) is 3.46. The summed E-state index contributed by atoms with van der Waals surface area (Å²) >= 11 is 0. The van der Waals surface area contributed by atoms with Gasteiger partial charge in [-0.2, -0.15) is 4.99 Å². The lowest BCUT2D eigenvalue weighted by molar-refractivity contribution is 0.563. The summed E-state index contributed by atoms with van der Waals surface area (Å²) < 4.78 is 0. The molecule has 0 amide bonds. The Morgan fingerprint density at radius 2 is 2.29 bits per heavy atom. The normalized spacial score (nSPS) is 5.71. The first kappa shape index (κ1) is 5.76. The molecule has 0 radical (unpaired) electrons. The van der Waals surface area contributed by atoms with E-state index in [0.717, 1.165) is 0 Å². The first-order valence-electron chi connectivity index (χ1n) is 1.51. The zero-order chi connectivity index (χ0) is 5.54. The van der Waals surface area contributed by atoms with Crippen LogP contribution in [0.15, 0.2) is 9.98 Å². The molecule has 0 bridgehead atoms. The van der Waals surface area contributed by atoms with Crippen LogP contribution in [-0.2, 0) is 4.79 Å². The van der Waals surface area contributed by atoms with Crippen molar-refractivity contribution < 1.29 is 9.59 Å². The predicted molar refractivity (Wildman–Crippen MR) is 22.4 cm³/mol. The van der Waals surface area contributed by atoms with Crippen LogP contribution in [0.25, 0.3) is 0 Å². The highest BCUT2D eigenvalue weighted by Crippen LogP contribution is 1.61. The van der Waals surface area contributed by atoms with Gasteiger partial charge in [-0.1, -0.05) is 0 Å². The second-order valence-electron chi connectivity index (χ2n) is 0.649. The Bertz CT molecular complexity index is 114. The third-order valence-electron chi connectivity index (χ3n) is 0.277. The highest BCUT2D eigenvalue weighted by Gasteiger charge is 1.67. The minimum Gasteiger partial charge on any atom is -0.211 e. The van der Waals surface area contributed by atoms with E-state index in [4.69, 9.17) is 4.79 Å². The Labute approximate surface area is 39.6 Å². The molecule has 4 nitrogen and oxygen atoms in total. The topological polar surface area (TPSA) is 63.2 Å². The summed E-state index contributed by atoms with van der Waals surface area (Å²) in [5, 5.41) is 0. The van der Waals surface area contributed by atoms with E-state index < -0.39 is 0 Å². The zero-order valence-corrected chi connectivity index (χ0v) is 3.46. The lowest BCUT2D eigenvalue weighted by atomic mass is 11.1. The van der Waals surface area contributed by atoms with Gasteiger partial charge in [-0.3, -0.25) is 0 Å². The minimum atomic E-state index is -0.0972. The van der Waals surface area contributed by atoms with Crippen molar-refractivity contribution in [1.29, 1.82) is 0 Å². The number of aliphatic imine (C=N–C) groups is 2. The van der Waals surface area contributed by atoms with Gasteiger partial charge in [0, 0.05) is 0 Å². The largest absolute Gasteiger partial charge is 0.468 e. The van der Waals surface area contributed by atoms with Crippen LogP contribution in [0.4, 0.5) is 0 Å². The molecule has 0 aromatic rings. The van der Waals surface area contributed by atoms with E-state index in [1.807, 2.05) is 0 Å². The molecule has 4 heteroatoms. The van der Waals surface area contributed by atoms with E-state index in [1.165, 1.54) is 12.2 Å². The van der Waals surface area contributed by atoms with Crippen LogP contribution in [0.2, 0.25) is 0 Å². The van der Waals surface area contributed by atoms with E-state index in [2.05, 4.69) is 9.98 Å². The molecule has 0 saturated heterocycles. The third-order valence-corrected chi connectivity index (χ3v) is 0.277. The SMILES string of the molecule is O=C=NCN=C=[OH+]. The Kier molecular flexibility index (Phi) is 3.92. The van der Waals surface area contributed by atoms with Crippen molar-refractivity contribution in [3.63, 3.8) is 0 Å². The summed E-state index contributed by atoms with van der Waals surface area (Å²) in [5.74, 6) is 0. The lowest BCUT2D eigenvalue weighted by Crippen LogP contribution is -1.66. The summed E-state index contributed by atoms with van der Waals surface area (Å²) in [7, 11) is 0. The molecule has 7 heavy (non-hydrogen) atoms. The lowest BCUT2D eigenvalue weighted by Gasteiger charge is -1.60. The Morgan fingerprint density at radius 3 is 2.71 bits per heavy atom. The fourth-order valence-electron chi connectivity index (χ4n) is 0.0958. The number of hydrogen-bond donors (Lipinski definition) is 0. The van der Waals surface area contributed by atoms with Crippen LogP contribution in [0.5, 0.6) is 0 Å². The highest BCUT2D eigenvalue weighted by molar-refractivity contribution is 5.35. The van der Waals surface area contributed by atoms with E-state index >= 15 is 0 Å². The van der Waals surface area contributed by atoms with Crippen molar-refractivity contribution in [2.24, 2.45) is 9.98 Å². The van der Waals surface area contributed by atoms with Crippen molar-refractivity contribution in [2.75, 3.05) is 6.67 Å². The molecule has 1 N–H and O–H groups in total. The summed E-state index contributed by atoms with van der Waals surface area (Å²) in [4.78, 5) is 22.9. The standard InChI is InChI=1S/C3H2N2O2/c6-2-4-1-5-3-7/h1H2/p+1. The molecule has 36 valence electrons. The first-order chi connectivity index (χ1) is 3.41. The van der Waals surface area contributed by atoms with Crippen molar-refractivity contribution in [3.8, 4) is 0 Å². The number of isocyanates is 2. The molecule has 0 rings (SSSR count). The van der Waals surface area contributed by atoms with E-state index in [0.29, 0.717) is 0 Å². The van der Waals surface area contributed by atoms with Crippen LogP contribution in [0.3, 0.4) is 0 Å². The fourth-order valence-corrected chi connectivity index (χ4v) is 0.0958. The van der Waals surface area contributed by atoms with E-state index in [-0.39, 0.29) is 6.67 Å². The summed E-state index contributed by atoms with van der Waals surface area (Å²) in [6.07, 6.45) is 2.69. The smallest absolute Gasteiger partial charge is 0.211 e. The van der Waals surface area contributed by atoms with Crippen molar-refractivity contribution in [3.05, 3.63) is 0 Å². The van der Waals surface area contributed by atoms with Gasteiger partial charge >= 0.3 is 6.08 Å². The molecule has 0 unspecified atom stereocenters. The molecular formula is C3H3N2O2+. The summed E-state index contributed by atoms with van der Waals surface area (Å²) in [6, 6.07) is 0. The minimum absolute atomic E-state index is 0.0972. The summed E-state index contributed by atoms with van der Waals surface area (Å²) in [6.45, 7) is -0.0972. The van der Waals surface area contributed by atoms with Crippen molar-refractivity contribution >= 4 is 12.2 Å². The van der Waals surface area contributed by atoms with Gasteiger partial charge in [-0.05, 0) is 0 Å². The molecule has 0 spiro atoms. The maximum absolute atomic E-state index is 9.22. The Hall–Kier alpha value is -1.24. The van der Waals surface area contributed by atoms with Gasteiger partial charge in [0.1, 0.15) is 0 Å². The molecule has 0 aliphatic rings. The van der Waals surface area contributed by atoms with Gasteiger partial charge < -0.3 is 0 Å². The van der Waals surface area contributed by atoms with Gasteiger partial charge in [0.2, 0.25) is 6.08 Å². The highest BCUT2D eigenvalue weighted by atomic mass is 16.1. The summed E-state index contributed by atoms with van der Waals surface area (Å²) in [5.41, 5.74) is 0. The molecular weight excluding hydrogens is 96.0 g/mol. The van der Waals surface area contributed by atoms with Crippen LogP contribution < -0.4 is 0 Å². The molecule has 0 aliphatic carbocycles. The monoisotopic (exact) mass is 99.0 g/mol. The van der Waals surface area contributed by atoms with Gasteiger partial charge in [0.25, 0.3) is 0 Å². The maximum Gasteiger partial charge on any atom is 0.468 e. The Balaban J connectivity index is 3.33. The second-order valence-corrected chi connectivity index (χ2v) is 0.649. The quantitative estimate of drug-likeness (QED) is 0.263. The number of hydrogen-bond acceptors (Lipinski definition) is 3. The number of carbonyl (C=O) groups excluding carboxylic acids is 2. The second kappa shape index (κ2) is 4.76. The van der Waals surface area contributed by atoms with Crippen LogP contribution >= 0.6 is 0 Å². The number of rotatable bonds is 2. The molecule has 0 aromatic heterocycles. The van der Waals surface area contributed by atoms with Gasteiger partial charge in [-0.25, -0.2) is 9.59 Å². The molecule has 0 aromatic carbocycles. The average Bonchev–Trinajstić information content (AvgIpc) is 1.69. The fraction of sp³-hybridized carbons (Fsp3) is 0.333. The molecule has 0 fully saturated rings. The van der Waals surface area contributed by atoms with Gasteiger partial charge in [0.05, 0.1) is 0 Å². The van der Waals surface area contributed by atoms with Crippen molar-refractivity contribution in [1.82, 2.24) is 0 Å². The maximum atomic E-state index is 9.22. The van der Waals surface area contributed by atoms with E-state index in [9.17, 15) is 4.79 Å². The Morgan fingerprint density at radius 1 is 1.57 bits per heavy atom. The number of nitrogens with zero attached hydrogens (tertiary/aromatic N) is 2. The first-order valence-corrected chi connectivity index (χ1v) is 1.51. The molecule has 0 heterocycles. The van der Waals surface area contributed by atoms with Gasteiger partial charge in [-0.15, -0.1) is 4.99 Å². The average molecular weight is 99.1 g/mol. The van der Waals surface area contributed by atoms with Crippen LogP contribution in [0, 0.1) is 0 Å². The van der Waals surface area contributed by atoms with Crippen LogP contribution in [-0.4, -0.2) is 23.6 Å². The third kappa shape index (κ3) is 4.76. The predicted octanol–water partition coefficient (Wildman–Crippen LogP) is -0.442. The van der Waals surface area contributed by atoms with Crippen molar-refractivity contribution in [2.45, 2.75) is 0 Å². The van der Waals surface area contributed by atoms with Gasteiger partial charge in [0.15, 0.2) is 6.67 Å². The molecule has 0 aliphatic heterocycles. The molecule has 0 saturated carbocycles. The molecule has 0 atom stereocenters. The van der Waals surface area contributed by atoms with Crippen LogP contribution in [0.1, 0.15) is 0 Å².